The smallest absolute Gasteiger partial charge is 0.276 e. The fourth-order valence-electron chi connectivity index (χ4n) is 1.70. The highest BCUT2D eigenvalue weighted by molar-refractivity contribution is 5.48. The SMILES string of the molecule is CCNC(C#N)CCOc1cccc([N+](=O)[O-])c1C. The summed E-state index contributed by atoms with van der Waals surface area (Å²) >= 11 is 0. The van der Waals surface area contributed by atoms with Crippen molar-refractivity contribution in [2.75, 3.05) is 13.2 Å². The van der Waals surface area contributed by atoms with Gasteiger partial charge in [0.2, 0.25) is 0 Å². The first kappa shape index (κ1) is 14.9. The molecule has 1 aromatic rings. The van der Waals surface area contributed by atoms with E-state index in [1.807, 2.05) is 6.92 Å². The molecule has 0 aromatic heterocycles. The lowest BCUT2D eigenvalue weighted by atomic mass is 10.2. The Morgan fingerprint density at radius 2 is 2.32 bits per heavy atom. The molecule has 19 heavy (non-hydrogen) atoms. The Kier molecular flexibility index (Phi) is 5.76. The predicted octanol–water partition coefficient (Wildman–Crippen LogP) is 2.17. The molecule has 1 N–H and O–H groups in total. The van der Waals surface area contributed by atoms with Crippen molar-refractivity contribution in [1.29, 1.82) is 5.26 Å². The maximum absolute atomic E-state index is 10.8. The van der Waals surface area contributed by atoms with Crippen molar-refractivity contribution in [3.05, 3.63) is 33.9 Å². The number of nitro benzene ring substituents is 1. The second-order valence-corrected chi connectivity index (χ2v) is 4.03. The summed E-state index contributed by atoms with van der Waals surface area (Å²) in [6.45, 7) is 4.64. The zero-order chi connectivity index (χ0) is 14.3. The number of nitrogens with one attached hydrogen (secondary N) is 1. The first-order valence-corrected chi connectivity index (χ1v) is 6.10. The fraction of sp³-hybridized carbons (Fsp3) is 0.462. The topological polar surface area (TPSA) is 88.2 Å². The average Bonchev–Trinajstić information content (AvgIpc) is 2.39. The Balaban J connectivity index is 2.61. The largest absolute Gasteiger partial charge is 0.493 e. The molecule has 1 unspecified atom stereocenters. The average molecular weight is 263 g/mol. The van der Waals surface area contributed by atoms with Crippen LogP contribution in [0.3, 0.4) is 0 Å². The molecule has 0 saturated heterocycles. The summed E-state index contributed by atoms with van der Waals surface area (Å²) in [6, 6.07) is 6.60. The number of nitro groups is 1. The summed E-state index contributed by atoms with van der Waals surface area (Å²) in [5.74, 6) is 0.488. The molecule has 0 heterocycles. The van der Waals surface area contributed by atoms with Gasteiger partial charge in [0, 0.05) is 12.5 Å². The van der Waals surface area contributed by atoms with E-state index in [1.165, 1.54) is 6.07 Å². The third kappa shape index (κ3) is 4.23. The van der Waals surface area contributed by atoms with Crippen molar-refractivity contribution in [3.8, 4) is 11.8 Å². The lowest BCUT2D eigenvalue weighted by Crippen LogP contribution is -2.28. The maximum atomic E-state index is 10.8. The number of nitriles is 1. The Morgan fingerprint density at radius 3 is 2.89 bits per heavy atom. The minimum Gasteiger partial charge on any atom is -0.493 e. The normalized spacial score (nSPS) is 11.6. The molecule has 0 amide bonds. The molecule has 0 aliphatic rings. The molecule has 0 aliphatic heterocycles. The number of benzene rings is 1. The molecule has 0 saturated carbocycles. The minimum absolute atomic E-state index is 0.0426. The van der Waals surface area contributed by atoms with Gasteiger partial charge in [-0.1, -0.05) is 13.0 Å². The van der Waals surface area contributed by atoms with Crippen LogP contribution in [0.15, 0.2) is 18.2 Å². The molecule has 1 atom stereocenters. The molecule has 6 heteroatoms. The summed E-state index contributed by atoms with van der Waals surface area (Å²) in [5, 5.41) is 22.7. The third-order valence-corrected chi connectivity index (χ3v) is 2.72. The molecule has 6 nitrogen and oxygen atoms in total. The summed E-state index contributed by atoms with van der Waals surface area (Å²) in [7, 11) is 0. The highest BCUT2D eigenvalue weighted by Gasteiger charge is 2.14. The van der Waals surface area contributed by atoms with Crippen molar-refractivity contribution in [2.24, 2.45) is 0 Å². The fourth-order valence-corrected chi connectivity index (χ4v) is 1.70. The van der Waals surface area contributed by atoms with Crippen LogP contribution >= 0.6 is 0 Å². The molecule has 1 aromatic carbocycles. The quantitative estimate of drug-likeness (QED) is 0.601. The molecule has 1 rings (SSSR count). The van der Waals surface area contributed by atoms with Gasteiger partial charge in [0.15, 0.2) is 0 Å². The lowest BCUT2D eigenvalue weighted by Gasteiger charge is -2.12. The third-order valence-electron chi connectivity index (χ3n) is 2.72. The summed E-state index contributed by atoms with van der Waals surface area (Å²) < 4.78 is 5.51. The van der Waals surface area contributed by atoms with Crippen LogP contribution in [0.2, 0.25) is 0 Å². The van der Waals surface area contributed by atoms with Crippen LogP contribution in [0.5, 0.6) is 5.75 Å². The van der Waals surface area contributed by atoms with E-state index in [-0.39, 0.29) is 11.7 Å². The minimum atomic E-state index is -0.432. The van der Waals surface area contributed by atoms with E-state index in [4.69, 9.17) is 10.00 Å². The molecule has 0 spiro atoms. The second kappa shape index (κ2) is 7.34. The first-order chi connectivity index (χ1) is 9.10. The Bertz CT molecular complexity index is 483. The Hall–Kier alpha value is -2.13. The van der Waals surface area contributed by atoms with E-state index in [1.54, 1.807) is 19.1 Å². The van der Waals surface area contributed by atoms with Gasteiger partial charge in [0.1, 0.15) is 5.75 Å². The molecular weight excluding hydrogens is 246 g/mol. The van der Waals surface area contributed by atoms with Gasteiger partial charge in [-0.25, -0.2) is 0 Å². The lowest BCUT2D eigenvalue weighted by molar-refractivity contribution is -0.385. The van der Waals surface area contributed by atoms with Gasteiger partial charge >= 0.3 is 0 Å². The maximum Gasteiger partial charge on any atom is 0.276 e. The number of hydrogen-bond donors (Lipinski definition) is 1. The van der Waals surface area contributed by atoms with Gasteiger partial charge in [0.05, 0.1) is 29.2 Å². The van der Waals surface area contributed by atoms with Crippen LogP contribution in [0, 0.1) is 28.4 Å². The number of ether oxygens (including phenoxy) is 1. The van der Waals surface area contributed by atoms with E-state index in [0.29, 0.717) is 30.9 Å². The standard InChI is InChI=1S/C13H17N3O3/c1-3-15-11(9-14)7-8-19-13-6-4-5-12(10(13)2)16(17)18/h4-6,11,15H,3,7-8H2,1-2H3. The highest BCUT2D eigenvalue weighted by atomic mass is 16.6. The number of hydrogen-bond acceptors (Lipinski definition) is 5. The van der Waals surface area contributed by atoms with Gasteiger partial charge in [-0.2, -0.15) is 5.26 Å². The van der Waals surface area contributed by atoms with Crippen molar-refractivity contribution >= 4 is 5.69 Å². The van der Waals surface area contributed by atoms with Crippen LogP contribution in [0.25, 0.3) is 0 Å². The van der Waals surface area contributed by atoms with Crippen LogP contribution in [0.4, 0.5) is 5.69 Å². The highest BCUT2D eigenvalue weighted by Crippen LogP contribution is 2.26. The Morgan fingerprint density at radius 1 is 1.58 bits per heavy atom. The van der Waals surface area contributed by atoms with Crippen LogP contribution in [-0.2, 0) is 0 Å². The van der Waals surface area contributed by atoms with E-state index in [9.17, 15) is 10.1 Å². The van der Waals surface area contributed by atoms with Gasteiger partial charge in [-0.15, -0.1) is 0 Å². The van der Waals surface area contributed by atoms with Crippen LogP contribution < -0.4 is 10.1 Å². The summed E-state index contributed by atoms with van der Waals surface area (Å²) in [5.41, 5.74) is 0.547. The summed E-state index contributed by atoms with van der Waals surface area (Å²) in [6.07, 6.45) is 0.534. The van der Waals surface area contributed by atoms with Gasteiger partial charge in [0.25, 0.3) is 5.69 Å². The Labute approximate surface area is 112 Å². The van der Waals surface area contributed by atoms with E-state index in [0.717, 1.165) is 0 Å². The van der Waals surface area contributed by atoms with Gasteiger partial charge in [-0.05, 0) is 19.5 Å². The van der Waals surface area contributed by atoms with Crippen molar-refractivity contribution < 1.29 is 9.66 Å². The van der Waals surface area contributed by atoms with E-state index in [2.05, 4.69) is 11.4 Å². The molecule has 0 radical (unpaired) electrons. The molecule has 102 valence electrons. The molecular formula is C13H17N3O3. The molecule has 0 fully saturated rings. The van der Waals surface area contributed by atoms with E-state index >= 15 is 0 Å². The second-order valence-electron chi connectivity index (χ2n) is 4.03. The monoisotopic (exact) mass is 263 g/mol. The predicted molar refractivity (Wildman–Crippen MR) is 71.0 cm³/mol. The van der Waals surface area contributed by atoms with Crippen molar-refractivity contribution in [2.45, 2.75) is 26.3 Å². The van der Waals surface area contributed by atoms with Gasteiger partial charge in [-0.3, -0.25) is 10.1 Å². The van der Waals surface area contributed by atoms with Gasteiger partial charge < -0.3 is 10.1 Å². The van der Waals surface area contributed by atoms with Crippen LogP contribution in [0.1, 0.15) is 18.9 Å². The van der Waals surface area contributed by atoms with Crippen LogP contribution in [-0.4, -0.2) is 24.1 Å². The molecule has 0 aliphatic carbocycles. The summed E-state index contributed by atoms with van der Waals surface area (Å²) in [4.78, 5) is 10.4. The van der Waals surface area contributed by atoms with Crippen molar-refractivity contribution in [1.82, 2.24) is 5.32 Å². The zero-order valence-corrected chi connectivity index (χ0v) is 11.0. The zero-order valence-electron chi connectivity index (χ0n) is 11.0. The number of rotatable bonds is 7. The van der Waals surface area contributed by atoms with E-state index < -0.39 is 4.92 Å². The first-order valence-electron chi connectivity index (χ1n) is 6.10. The molecule has 0 bridgehead atoms. The van der Waals surface area contributed by atoms with Crippen molar-refractivity contribution in [3.63, 3.8) is 0 Å². The number of nitrogens with zero attached hydrogens (tertiary/aromatic N) is 2.